The van der Waals surface area contributed by atoms with E-state index in [1.165, 1.54) is 5.56 Å². The van der Waals surface area contributed by atoms with Gasteiger partial charge in [0.2, 0.25) is 0 Å². The Balaban J connectivity index is 1.61. The lowest BCUT2D eigenvalue weighted by molar-refractivity contribution is 0.314. The summed E-state index contributed by atoms with van der Waals surface area (Å²) in [5.41, 5.74) is 1.18. The van der Waals surface area contributed by atoms with Crippen LogP contribution in [0.25, 0.3) is 0 Å². The number of hydrogen-bond acceptors (Lipinski definition) is 2. The van der Waals surface area contributed by atoms with Crippen molar-refractivity contribution in [1.29, 1.82) is 0 Å². The second kappa shape index (κ2) is 8.15. The van der Waals surface area contributed by atoms with Crippen LogP contribution in [0.15, 0.2) is 48.5 Å². The van der Waals surface area contributed by atoms with Crippen LogP contribution in [0.1, 0.15) is 5.56 Å². The minimum absolute atomic E-state index is 0.597. The summed E-state index contributed by atoms with van der Waals surface area (Å²) in [7, 11) is 0. The highest BCUT2D eigenvalue weighted by Gasteiger charge is 1.99. The fourth-order valence-corrected chi connectivity index (χ4v) is 2.13. The van der Waals surface area contributed by atoms with E-state index in [9.17, 15) is 0 Å². The maximum atomic E-state index is 5.97. The smallest absolute Gasteiger partial charge is 0.119 e. The molecular weight excluding hydrogens is 293 g/mol. The van der Waals surface area contributed by atoms with Crippen LogP contribution in [0.5, 0.6) is 5.75 Å². The molecule has 2 aromatic carbocycles. The van der Waals surface area contributed by atoms with Gasteiger partial charge in [0.1, 0.15) is 12.4 Å². The first-order chi connectivity index (χ1) is 9.75. The number of nitrogens with one attached hydrogen (secondary N) is 1. The molecule has 0 fully saturated rings. The van der Waals surface area contributed by atoms with E-state index in [0.717, 1.165) is 25.3 Å². The van der Waals surface area contributed by atoms with E-state index in [0.29, 0.717) is 16.7 Å². The molecule has 2 nitrogen and oxygen atoms in total. The SMILES string of the molecule is Clc1ccc(CCNCCOc2ccccc2)cc1Cl. The number of halogens is 2. The van der Waals surface area contributed by atoms with E-state index in [1.807, 2.05) is 48.5 Å². The van der Waals surface area contributed by atoms with Gasteiger partial charge in [0.15, 0.2) is 0 Å². The van der Waals surface area contributed by atoms with Gasteiger partial charge in [0.05, 0.1) is 10.0 Å². The van der Waals surface area contributed by atoms with Crippen molar-refractivity contribution >= 4 is 23.2 Å². The van der Waals surface area contributed by atoms with E-state index >= 15 is 0 Å². The lowest BCUT2D eigenvalue weighted by atomic mass is 10.1. The monoisotopic (exact) mass is 309 g/mol. The summed E-state index contributed by atoms with van der Waals surface area (Å²) in [6.07, 6.45) is 0.919. The maximum absolute atomic E-state index is 5.97. The van der Waals surface area contributed by atoms with Crippen molar-refractivity contribution in [2.45, 2.75) is 6.42 Å². The Labute approximate surface area is 129 Å². The van der Waals surface area contributed by atoms with Gasteiger partial charge in [-0.05, 0) is 42.8 Å². The summed E-state index contributed by atoms with van der Waals surface area (Å²) in [4.78, 5) is 0. The van der Waals surface area contributed by atoms with Crippen LogP contribution in [0.4, 0.5) is 0 Å². The van der Waals surface area contributed by atoms with Gasteiger partial charge in [0.25, 0.3) is 0 Å². The van der Waals surface area contributed by atoms with Crippen LogP contribution < -0.4 is 10.1 Å². The molecule has 0 radical (unpaired) electrons. The van der Waals surface area contributed by atoms with Crippen LogP contribution in [-0.2, 0) is 6.42 Å². The zero-order chi connectivity index (χ0) is 14.2. The first kappa shape index (κ1) is 15.2. The summed E-state index contributed by atoms with van der Waals surface area (Å²) in [6, 6.07) is 15.5. The Bertz CT molecular complexity index is 531. The van der Waals surface area contributed by atoms with E-state index < -0.39 is 0 Å². The lowest BCUT2D eigenvalue weighted by Crippen LogP contribution is -2.23. The minimum Gasteiger partial charge on any atom is -0.492 e. The molecule has 0 bridgehead atoms. The van der Waals surface area contributed by atoms with Crippen LogP contribution in [-0.4, -0.2) is 19.7 Å². The molecule has 0 saturated carbocycles. The van der Waals surface area contributed by atoms with Gasteiger partial charge in [-0.3, -0.25) is 0 Å². The molecule has 0 saturated heterocycles. The first-order valence-electron chi connectivity index (χ1n) is 6.58. The molecule has 20 heavy (non-hydrogen) atoms. The Morgan fingerprint density at radius 1 is 0.900 bits per heavy atom. The number of benzene rings is 2. The number of para-hydroxylation sites is 1. The zero-order valence-corrected chi connectivity index (χ0v) is 12.6. The first-order valence-corrected chi connectivity index (χ1v) is 7.34. The lowest BCUT2D eigenvalue weighted by Gasteiger charge is -2.08. The van der Waals surface area contributed by atoms with Gasteiger partial charge in [-0.1, -0.05) is 47.5 Å². The van der Waals surface area contributed by atoms with E-state index in [4.69, 9.17) is 27.9 Å². The Kier molecular flexibility index (Phi) is 6.19. The molecule has 0 unspecified atom stereocenters. The molecule has 106 valence electrons. The molecule has 0 heterocycles. The third kappa shape index (κ3) is 5.04. The highest BCUT2D eigenvalue weighted by molar-refractivity contribution is 6.42. The highest BCUT2D eigenvalue weighted by Crippen LogP contribution is 2.22. The molecule has 2 aromatic rings. The van der Waals surface area contributed by atoms with E-state index in [1.54, 1.807) is 0 Å². The Morgan fingerprint density at radius 3 is 2.45 bits per heavy atom. The predicted octanol–water partition coefficient (Wildman–Crippen LogP) is 4.20. The summed E-state index contributed by atoms with van der Waals surface area (Å²) in [5, 5.41) is 4.54. The van der Waals surface area contributed by atoms with Crippen LogP contribution in [0.3, 0.4) is 0 Å². The molecule has 0 aromatic heterocycles. The summed E-state index contributed by atoms with van der Waals surface area (Å²) < 4.78 is 5.59. The molecule has 4 heteroatoms. The van der Waals surface area contributed by atoms with Crippen molar-refractivity contribution < 1.29 is 4.74 Å². The van der Waals surface area contributed by atoms with E-state index in [2.05, 4.69) is 5.32 Å². The topological polar surface area (TPSA) is 21.3 Å². The third-order valence-electron chi connectivity index (χ3n) is 2.87. The summed E-state index contributed by atoms with van der Waals surface area (Å²) in [6.45, 7) is 2.36. The van der Waals surface area contributed by atoms with Gasteiger partial charge in [0, 0.05) is 6.54 Å². The molecule has 0 aliphatic carbocycles. The average Bonchev–Trinajstić information content (AvgIpc) is 2.47. The van der Waals surface area contributed by atoms with E-state index in [-0.39, 0.29) is 0 Å². The second-order valence-corrected chi connectivity index (χ2v) is 5.22. The normalized spacial score (nSPS) is 10.5. The van der Waals surface area contributed by atoms with Crippen molar-refractivity contribution in [3.8, 4) is 5.75 Å². The van der Waals surface area contributed by atoms with Crippen molar-refractivity contribution in [2.75, 3.05) is 19.7 Å². The second-order valence-electron chi connectivity index (χ2n) is 4.41. The Hall–Kier alpha value is -1.22. The fraction of sp³-hybridized carbons (Fsp3) is 0.250. The summed E-state index contributed by atoms with van der Waals surface area (Å²) in [5.74, 6) is 0.902. The standard InChI is InChI=1S/C16H17Cl2NO/c17-15-7-6-13(12-16(15)18)8-9-19-10-11-20-14-4-2-1-3-5-14/h1-7,12,19H,8-11H2. The molecule has 0 spiro atoms. The highest BCUT2D eigenvalue weighted by atomic mass is 35.5. The van der Waals surface area contributed by atoms with Crippen molar-refractivity contribution in [3.05, 3.63) is 64.1 Å². The number of rotatable bonds is 7. The molecular formula is C16H17Cl2NO. The largest absolute Gasteiger partial charge is 0.492 e. The summed E-state index contributed by atoms with van der Waals surface area (Å²) >= 11 is 11.8. The van der Waals surface area contributed by atoms with Crippen LogP contribution >= 0.6 is 23.2 Å². The van der Waals surface area contributed by atoms with Crippen molar-refractivity contribution in [3.63, 3.8) is 0 Å². The van der Waals surface area contributed by atoms with Gasteiger partial charge in [-0.25, -0.2) is 0 Å². The number of ether oxygens (including phenoxy) is 1. The molecule has 2 rings (SSSR count). The molecule has 0 amide bonds. The molecule has 0 aliphatic rings. The molecule has 0 aliphatic heterocycles. The van der Waals surface area contributed by atoms with Crippen LogP contribution in [0.2, 0.25) is 10.0 Å². The minimum atomic E-state index is 0.597. The number of hydrogen-bond donors (Lipinski definition) is 1. The quantitative estimate of drug-likeness (QED) is 0.774. The molecule has 1 N–H and O–H groups in total. The Morgan fingerprint density at radius 2 is 1.70 bits per heavy atom. The predicted molar refractivity (Wildman–Crippen MR) is 85.0 cm³/mol. The van der Waals surface area contributed by atoms with Crippen molar-refractivity contribution in [1.82, 2.24) is 5.32 Å². The molecule has 0 atom stereocenters. The van der Waals surface area contributed by atoms with Gasteiger partial charge in [-0.2, -0.15) is 0 Å². The van der Waals surface area contributed by atoms with Gasteiger partial charge in [-0.15, -0.1) is 0 Å². The van der Waals surface area contributed by atoms with Crippen LogP contribution in [0, 0.1) is 0 Å². The van der Waals surface area contributed by atoms with Crippen molar-refractivity contribution in [2.24, 2.45) is 0 Å². The van der Waals surface area contributed by atoms with Gasteiger partial charge >= 0.3 is 0 Å². The average molecular weight is 310 g/mol. The zero-order valence-electron chi connectivity index (χ0n) is 11.1. The fourth-order valence-electron chi connectivity index (χ4n) is 1.81. The third-order valence-corrected chi connectivity index (χ3v) is 3.60. The maximum Gasteiger partial charge on any atom is 0.119 e. The van der Waals surface area contributed by atoms with Gasteiger partial charge < -0.3 is 10.1 Å².